The summed E-state index contributed by atoms with van der Waals surface area (Å²) in [5.74, 6) is -1.55. The quantitative estimate of drug-likeness (QED) is 0.622. The molecule has 0 radical (unpaired) electrons. The van der Waals surface area contributed by atoms with Crippen molar-refractivity contribution in [2.24, 2.45) is 0 Å². The number of rotatable bonds is 6. The van der Waals surface area contributed by atoms with Crippen molar-refractivity contribution >= 4 is 23.5 Å². The molecule has 0 unspecified atom stereocenters. The number of carboxylic acids is 1. The number of nitrogens with one attached hydrogen (secondary N) is 2. The molecule has 3 aromatic rings. The number of anilines is 1. The van der Waals surface area contributed by atoms with Crippen LogP contribution in [-0.4, -0.2) is 22.9 Å². The van der Waals surface area contributed by atoms with E-state index in [1.54, 1.807) is 48.5 Å². The predicted molar refractivity (Wildman–Crippen MR) is 97.7 cm³/mol. The van der Waals surface area contributed by atoms with Gasteiger partial charge in [0.2, 0.25) is 0 Å². The molecular weight excluding hydrogens is 348 g/mol. The number of carbonyl (C=O) groups is 3. The summed E-state index contributed by atoms with van der Waals surface area (Å²) in [6, 6.07) is 15.9. The molecule has 3 rings (SSSR count). The minimum absolute atomic E-state index is 0.176. The van der Waals surface area contributed by atoms with Crippen LogP contribution >= 0.6 is 0 Å². The Hall–Kier alpha value is -3.87. The van der Waals surface area contributed by atoms with E-state index in [0.29, 0.717) is 11.3 Å². The van der Waals surface area contributed by atoms with Crippen LogP contribution in [0.4, 0.5) is 5.69 Å². The molecule has 0 aliphatic carbocycles. The summed E-state index contributed by atoms with van der Waals surface area (Å²) in [4.78, 5) is 35.2. The van der Waals surface area contributed by atoms with E-state index in [0.717, 1.165) is 5.56 Å². The van der Waals surface area contributed by atoms with Crippen LogP contribution in [0.5, 0.6) is 0 Å². The molecule has 1 heterocycles. The average Bonchev–Trinajstić information content (AvgIpc) is 3.21. The molecule has 7 nitrogen and oxygen atoms in total. The second-order valence-electron chi connectivity index (χ2n) is 5.70. The van der Waals surface area contributed by atoms with Crippen LogP contribution in [0.1, 0.15) is 36.8 Å². The number of furan rings is 1. The minimum atomic E-state index is -1.00. The molecule has 0 saturated carbocycles. The molecule has 2 amide bonds. The SMILES string of the molecule is O=C(O)c1ccc(CNC(=O)c2cccc(NC(=O)c3ccco3)c2)cc1. The first kappa shape index (κ1) is 17.9. The number of hydrogen-bond acceptors (Lipinski definition) is 4. The fraction of sp³-hybridized carbons (Fsp3) is 0.0500. The van der Waals surface area contributed by atoms with Crippen LogP contribution in [-0.2, 0) is 6.54 Å². The first-order valence-corrected chi connectivity index (χ1v) is 8.08. The molecule has 0 bridgehead atoms. The van der Waals surface area contributed by atoms with Crippen LogP contribution in [0.25, 0.3) is 0 Å². The maximum Gasteiger partial charge on any atom is 0.335 e. The zero-order valence-electron chi connectivity index (χ0n) is 14.1. The monoisotopic (exact) mass is 364 g/mol. The fourth-order valence-corrected chi connectivity index (χ4v) is 2.39. The molecule has 136 valence electrons. The van der Waals surface area contributed by atoms with Gasteiger partial charge in [0.1, 0.15) is 0 Å². The van der Waals surface area contributed by atoms with Gasteiger partial charge in [0.15, 0.2) is 5.76 Å². The van der Waals surface area contributed by atoms with Gasteiger partial charge in [-0.3, -0.25) is 9.59 Å². The highest BCUT2D eigenvalue weighted by Crippen LogP contribution is 2.13. The van der Waals surface area contributed by atoms with E-state index in [2.05, 4.69) is 10.6 Å². The number of amides is 2. The number of aromatic carboxylic acids is 1. The molecule has 0 aliphatic rings. The van der Waals surface area contributed by atoms with Gasteiger partial charge in [-0.2, -0.15) is 0 Å². The van der Waals surface area contributed by atoms with E-state index in [-0.39, 0.29) is 23.8 Å². The number of hydrogen-bond donors (Lipinski definition) is 3. The molecule has 0 saturated heterocycles. The van der Waals surface area contributed by atoms with Crippen molar-refractivity contribution in [2.45, 2.75) is 6.54 Å². The largest absolute Gasteiger partial charge is 0.478 e. The predicted octanol–water partition coefficient (Wildman–Crippen LogP) is 3.16. The summed E-state index contributed by atoms with van der Waals surface area (Å²) in [6.07, 6.45) is 1.40. The lowest BCUT2D eigenvalue weighted by Crippen LogP contribution is -2.23. The van der Waals surface area contributed by atoms with E-state index in [9.17, 15) is 14.4 Å². The van der Waals surface area contributed by atoms with Gasteiger partial charge >= 0.3 is 5.97 Å². The first-order valence-electron chi connectivity index (χ1n) is 8.08. The van der Waals surface area contributed by atoms with Crippen molar-refractivity contribution in [2.75, 3.05) is 5.32 Å². The summed E-state index contributed by atoms with van der Waals surface area (Å²) >= 11 is 0. The molecular formula is C20H16N2O5. The third kappa shape index (κ3) is 4.60. The summed E-state index contributed by atoms with van der Waals surface area (Å²) < 4.78 is 5.03. The Labute approximate surface area is 154 Å². The van der Waals surface area contributed by atoms with Gasteiger partial charge in [0.25, 0.3) is 11.8 Å². The van der Waals surface area contributed by atoms with E-state index in [1.165, 1.54) is 18.4 Å². The van der Waals surface area contributed by atoms with Crippen molar-refractivity contribution < 1.29 is 23.9 Å². The van der Waals surface area contributed by atoms with Crippen LogP contribution in [0.15, 0.2) is 71.3 Å². The smallest absolute Gasteiger partial charge is 0.335 e. The maximum absolute atomic E-state index is 12.3. The van der Waals surface area contributed by atoms with Crippen molar-refractivity contribution in [3.05, 3.63) is 89.4 Å². The Bertz CT molecular complexity index is 962. The van der Waals surface area contributed by atoms with Crippen LogP contribution in [0, 0.1) is 0 Å². The van der Waals surface area contributed by atoms with E-state index >= 15 is 0 Å². The molecule has 2 aromatic carbocycles. The Morgan fingerprint density at radius 2 is 1.67 bits per heavy atom. The lowest BCUT2D eigenvalue weighted by molar-refractivity contribution is 0.0696. The molecule has 1 aromatic heterocycles. The van der Waals surface area contributed by atoms with Crippen molar-refractivity contribution in [3.8, 4) is 0 Å². The van der Waals surface area contributed by atoms with E-state index in [4.69, 9.17) is 9.52 Å². The average molecular weight is 364 g/mol. The molecule has 27 heavy (non-hydrogen) atoms. The summed E-state index contributed by atoms with van der Waals surface area (Å²) in [6.45, 7) is 0.252. The molecule has 0 spiro atoms. The van der Waals surface area contributed by atoms with Crippen molar-refractivity contribution in [3.63, 3.8) is 0 Å². The number of benzene rings is 2. The third-order valence-corrected chi connectivity index (χ3v) is 3.78. The Balaban J connectivity index is 1.61. The normalized spacial score (nSPS) is 10.2. The summed E-state index contributed by atoms with van der Waals surface area (Å²) in [5.41, 5.74) is 1.81. The fourth-order valence-electron chi connectivity index (χ4n) is 2.39. The van der Waals surface area contributed by atoms with Gasteiger partial charge in [-0.25, -0.2) is 4.79 Å². The summed E-state index contributed by atoms with van der Waals surface area (Å²) in [7, 11) is 0. The lowest BCUT2D eigenvalue weighted by Gasteiger charge is -2.08. The second-order valence-corrected chi connectivity index (χ2v) is 5.70. The molecule has 7 heteroatoms. The zero-order chi connectivity index (χ0) is 19.2. The van der Waals surface area contributed by atoms with Gasteiger partial charge < -0.3 is 20.2 Å². The topological polar surface area (TPSA) is 109 Å². The minimum Gasteiger partial charge on any atom is -0.478 e. The van der Waals surface area contributed by atoms with Crippen molar-refractivity contribution in [1.29, 1.82) is 0 Å². The van der Waals surface area contributed by atoms with Crippen LogP contribution in [0.2, 0.25) is 0 Å². The van der Waals surface area contributed by atoms with Crippen molar-refractivity contribution in [1.82, 2.24) is 5.32 Å². The Morgan fingerprint density at radius 1 is 0.889 bits per heavy atom. The highest BCUT2D eigenvalue weighted by atomic mass is 16.4. The van der Waals surface area contributed by atoms with Gasteiger partial charge in [-0.1, -0.05) is 18.2 Å². The van der Waals surface area contributed by atoms with Crippen LogP contribution < -0.4 is 10.6 Å². The van der Waals surface area contributed by atoms with Gasteiger partial charge in [0.05, 0.1) is 11.8 Å². The Morgan fingerprint density at radius 3 is 2.33 bits per heavy atom. The van der Waals surface area contributed by atoms with Gasteiger partial charge in [-0.15, -0.1) is 0 Å². The van der Waals surface area contributed by atoms with Gasteiger partial charge in [-0.05, 0) is 48.0 Å². The molecule has 3 N–H and O–H groups in total. The second kappa shape index (κ2) is 8.01. The highest BCUT2D eigenvalue weighted by molar-refractivity contribution is 6.03. The molecule has 0 aliphatic heterocycles. The maximum atomic E-state index is 12.3. The zero-order valence-corrected chi connectivity index (χ0v) is 14.1. The number of carboxylic acid groups (broad SMARTS) is 1. The van der Waals surface area contributed by atoms with E-state index in [1.807, 2.05) is 0 Å². The Kier molecular flexibility index (Phi) is 5.32. The first-order chi connectivity index (χ1) is 13.0. The van der Waals surface area contributed by atoms with Crippen LogP contribution in [0.3, 0.4) is 0 Å². The standard InChI is InChI=1S/C20H16N2O5/c23-18(21-12-13-6-8-14(9-7-13)20(25)26)15-3-1-4-16(11-15)22-19(24)17-5-2-10-27-17/h1-11H,12H2,(H,21,23)(H,22,24)(H,25,26). The number of carbonyl (C=O) groups excluding carboxylic acids is 2. The third-order valence-electron chi connectivity index (χ3n) is 3.78. The highest BCUT2D eigenvalue weighted by Gasteiger charge is 2.11. The summed E-state index contributed by atoms with van der Waals surface area (Å²) in [5, 5.41) is 14.3. The van der Waals surface area contributed by atoms with E-state index < -0.39 is 11.9 Å². The lowest BCUT2D eigenvalue weighted by atomic mass is 10.1. The molecule has 0 atom stereocenters. The van der Waals surface area contributed by atoms with Gasteiger partial charge in [0, 0.05) is 17.8 Å². The molecule has 0 fully saturated rings.